The van der Waals surface area contributed by atoms with E-state index in [4.69, 9.17) is 0 Å². The molecule has 0 N–H and O–H groups in total. The fourth-order valence-corrected chi connectivity index (χ4v) is 3.87. The highest BCUT2D eigenvalue weighted by Gasteiger charge is 2.29. The molecule has 1 aromatic heterocycles. The van der Waals surface area contributed by atoms with Crippen molar-refractivity contribution >= 4 is 22.6 Å². The number of carbonyl (C=O) groups is 1. The maximum absolute atomic E-state index is 12.4. The second-order valence-electron chi connectivity index (χ2n) is 5.64. The summed E-state index contributed by atoms with van der Waals surface area (Å²) in [7, 11) is 0. The first kappa shape index (κ1) is 13.8. The summed E-state index contributed by atoms with van der Waals surface area (Å²) in [4.78, 5) is 21.2. The van der Waals surface area contributed by atoms with Gasteiger partial charge < -0.3 is 9.80 Å². The zero-order valence-corrected chi connectivity index (χ0v) is 12.9. The van der Waals surface area contributed by atoms with Gasteiger partial charge in [-0.2, -0.15) is 4.37 Å². The van der Waals surface area contributed by atoms with Crippen LogP contribution >= 0.6 is 11.5 Å². The van der Waals surface area contributed by atoms with Crippen LogP contribution in [-0.4, -0.2) is 46.3 Å². The maximum atomic E-state index is 12.4. The third-order valence-electron chi connectivity index (χ3n) is 4.34. The molecule has 1 saturated heterocycles. The monoisotopic (exact) mass is 294 g/mol. The number of piperazine rings is 1. The third kappa shape index (κ3) is 2.80. The predicted molar refractivity (Wildman–Crippen MR) is 80.0 cm³/mol. The number of rotatable bonds is 3. The molecule has 5 nitrogen and oxygen atoms in total. The number of hydrogen-bond donors (Lipinski definition) is 0. The zero-order chi connectivity index (χ0) is 13.9. The molecule has 20 heavy (non-hydrogen) atoms. The van der Waals surface area contributed by atoms with E-state index >= 15 is 0 Å². The zero-order valence-electron chi connectivity index (χ0n) is 12.0. The number of carbonyl (C=O) groups excluding carboxylic acids is 1. The van der Waals surface area contributed by atoms with Crippen LogP contribution in [0.5, 0.6) is 0 Å². The second-order valence-corrected chi connectivity index (χ2v) is 6.37. The van der Waals surface area contributed by atoms with Crippen LogP contribution < -0.4 is 4.90 Å². The quantitative estimate of drug-likeness (QED) is 0.855. The van der Waals surface area contributed by atoms with Crippen molar-refractivity contribution in [1.29, 1.82) is 0 Å². The molecule has 0 atom stereocenters. The first-order valence-corrected chi connectivity index (χ1v) is 8.41. The van der Waals surface area contributed by atoms with Gasteiger partial charge in [0, 0.05) is 50.1 Å². The van der Waals surface area contributed by atoms with Crippen LogP contribution in [0.1, 0.15) is 38.4 Å². The lowest BCUT2D eigenvalue weighted by atomic mass is 10.1. The molecule has 1 amide bonds. The Morgan fingerprint density at radius 2 is 1.95 bits per heavy atom. The second kappa shape index (κ2) is 6.08. The first-order chi connectivity index (χ1) is 9.78. The van der Waals surface area contributed by atoms with Gasteiger partial charge in [0.1, 0.15) is 5.82 Å². The van der Waals surface area contributed by atoms with Gasteiger partial charge in [-0.1, -0.05) is 19.8 Å². The SMILES string of the molecule is CCc1nsc(N2CCN(C(=O)C3CCCC3)CC2)n1. The molecule has 1 saturated carbocycles. The van der Waals surface area contributed by atoms with Crippen molar-refractivity contribution in [3.63, 3.8) is 0 Å². The molecule has 1 aliphatic heterocycles. The van der Waals surface area contributed by atoms with Crippen LogP contribution in [0.25, 0.3) is 0 Å². The lowest BCUT2D eigenvalue weighted by Gasteiger charge is -2.35. The van der Waals surface area contributed by atoms with Crippen LogP contribution in [0.4, 0.5) is 5.13 Å². The standard InChI is InChI=1S/C14H22N4OS/c1-2-12-15-14(20-16-12)18-9-7-17(8-10-18)13(19)11-5-3-4-6-11/h11H,2-10H2,1H3. The number of amides is 1. The Hall–Kier alpha value is -1.17. The minimum atomic E-state index is 0.301. The summed E-state index contributed by atoms with van der Waals surface area (Å²) in [6.45, 7) is 5.50. The third-order valence-corrected chi connectivity index (χ3v) is 5.15. The summed E-state index contributed by atoms with van der Waals surface area (Å²) >= 11 is 1.48. The predicted octanol–water partition coefficient (Wildman–Crippen LogP) is 1.94. The Morgan fingerprint density at radius 1 is 1.25 bits per heavy atom. The Labute approximate surface area is 124 Å². The van der Waals surface area contributed by atoms with E-state index in [1.54, 1.807) is 0 Å². The van der Waals surface area contributed by atoms with E-state index in [9.17, 15) is 4.79 Å². The first-order valence-electron chi connectivity index (χ1n) is 7.64. The van der Waals surface area contributed by atoms with E-state index in [0.29, 0.717) is 11.8 Å². The topological polar surface area (TPSA) is 49.3 Å². The molecule has 3 rings (SSSR count). The Balaban J connectivity index is 1.55. The van der Waals surface area contributed by atoms with Gasteiger partial charge in [-0.05, 0) is 12.8 Å². The van der Waals surface area contributed by atoms with Crippen LogP contribution in [0.15, 0.2) is 0 Å². The summed E-state index contributed by atoms with van der Waals surface area (Å²) < 4.78 is 4.34. The van der Waals surface area contributed by atoms with E-state index in [0.717, 1.165) is 56.4 Å². The molecule has 110 valence electrons. The van der Waals surface area contributed by atoms with E-state index in [1.165, 1.54) is 24.4 Å². The van der Waals surface area contributed by atoms with E-state index in [2.05, 4.69) is 21.2 Å². The van der Waals surface area contributed by atoms with Crippen LogP contribution in [0, 0.1) is 5.92 Å². The maximum Gasteiger partial charge on any atom is 0.225 e. The molecular formula is C14H22N4OS. The lowest BCUT2D eigenvalue weighted by molar-refractivity contribution is -0.135. The Kier molecular flexibility index (Phi) is 4.19. The van der Waals surface area contributed by atoms with Crippen molar-refractivity contribution in [3.8, 4) is 0 Å². The molecule has 2 aliphatic rings. The summed E-state index contributed by atoms with van der Waals surface area (Å²) in [5.74, 6) is 1.61. The number of hydrogen-bond acceptors (Lipinski definition) is 5. The van der Waals surface area contributed by atoms with Gasteiger partial charge in [0.05, 0.1) is 0 Å². The fourth-order valence-electron chi connectivity index (χ4n) is 3.07. The van der Waals surface area contributed by atoms with Gasteiger partial charge in [0.25, 0.3) is 0 Å². The minimum absolute atomic E-state index is 0.301. The highest BCUT2D eigenvalue weighted by Crippen LogP contribution is 2.27. The molecule has 1 aliphatic carbocycles. The minimum Gasteiger partial charge on any atom is -0.343 e. The van der Waals surface area contributed by atoms with Gasteiger partial charge in [0.15, 0.2) is 0 Å². The number of anilines is 1. The van der Waals surface area contributed by atoms with E-state index in [1.807, 2.05) is 4.90 Å². The highest BCUT2D eigenvalue weighted by atomic mass is 32.1. The molecule has 0 aromatic carbocycles. The molecule has 0 radical (unpaired) electrons. The van der Waals surface area contributed by atoms with Crippen molar-refractivity contribution < 1.29 is 4.79 Å². The van der Waals surface area contributed by atoms with Crippen molar-refractivity contribution in [3.05, 3.63) is 5.82 Å². The highest BCUT2D eigenvalue weighted by molar-refractivity contribution is 7.09. The number of aryl methyl sites for hydroxylation is 1. The molecule has 6 heteroatoms. The fraction of sp³-hybridized carbons (Fsp3) is 0.786. The molecule has 0 spiro atoms. The Morgan fingerprint density at radius 3 is 2.55 bits per heavy atom. The molecule has 1 aromatic rings. The van der Waals surface area contributed by atoms with Gasteiger partial charge in [0.2, 0.25) is 11.0 Å². The van der Waals surface area contributed by atoms with Gasteiger partial charge in [-0.15, -0.1) is 0 Å². The molecule has 0 bridgehead atoms. The van der Waals surface area contributed by atoms with Crippen LogP contribution in [0.2, 0.25) is 0 Å². The average molecular weight is 294 g/mol. The van der Waals surface area contributed by atoms with Crippen molar-refractivity contribution in [2.24, 2.45) is 5.92 Å². The molecule has 2 heterocycles. The van der Waals surface area contributed by atoms with Gasteiger partial charge >= 0.3 is 0 Å². The van der Waals surface area contributed by atoms with Crippen molar-refractivity contribution in [1.82, 2.24) is 14.3 Å². The molecule has 2 fully saturated rings. The summed E-state index contributed by atoms with van der Waals surface area (Å²) in [6, 6.07) is 0. The van der Waals surface area contributed by atoms with Crippen molar-refractivity contribution in [2.45, 2.75) is 39.0 Å². The van der Waals surface area contributed by atoms with E-state index in [-0.39, 0.29) is 0 Å². The van der Waals surface area contributed by atoms with Gasteiger partial charge in [-0.3, -0.25) is 4.79 Å². The summed E-state index contributed by atoms with van der Waals surface area (Å²) in [5, 5.41) is 1.01. The van der Waals surface area contributed by atoms with Crippen LogP contribution in [0.3, 0.4) is 0 Å². The van der Waals surface area contributed by atoms with E-state index < -0.39 is 0 Å². The largest absolute Gasteiger partial charge is 0.343 e. The Bertz CT molecular complexity index is 461. The number of nitrogens with zero attached hydrogens (tertiary/aromatic N) is 4. The lowest BCUT2D eigenvalue weighted by Crippen LogP contribution is -2.50. The van der Waals surface area contributed by atoms with Gasteiger partial charge in [-0.25, -0.2) is 4.98 Å². The smallest absolute Gasteiger partial charge is 0.225 e. The summed E-state index contributed by atoms with van der Waals surface area (Å²) in [5.41, 5.74) is 0. The normalized spacial score (nSPS) is 20.6. The van der Waals surface area contributed by atoms with Crippen molar-refractivity contribution in [2.75, 3.05) is 31.1 Å². The molecular weight excluding hydrogens is 272 g/mol. The number of aromatic nitrogens is 2. The molecule has 0 unspecified atom stereocenters. The van der Waals surface area contributed by atoms with Crippen LogP contribution in [-0.2, 0) is 11.2 Å². The summed E-state index contributed by atoms with van der Waals surface area (Å²) in [6.07, 6.45) is 5.52. The average Bonchev–Trinajstić information content (AvgIpc) is 3.18.